The van der Waals surface area contributed by atoms with Gasteiger partial charge in [0.15, 0.2) is 0 Å². The number of pyridine rings is 2. The van der Waals surface area contributed by atoms with Crippen LogP contribution in [0, 0.1) is 0 Å². The van der Waals surface area contributed by atoms with Crippen molar-refractivity contribution < 1.29 is 9.47 Å². The molecule has 2 aromatic carbocycles. The highest BCUT2D eigenvalue weighted by Crippen LogP contribution is 2.54. The molecule has 1 aliphatic carbocycles. The average Bonchev–Trinajstić information content (AvgIpc) is 3.61. The molecule has 0 spiro atoms. The normalized spacial score (nSPS) is 21.1. The van der Waals surface area contributed by atoms with Crippen molar-refractivity contribution >= 4 is 0 Å². The minimum atomic E-state index is -0.786. The van der Waals surface area contributed by atoms with Crippen molar-refractivity contribution in [2.24, 2.45) is 0 Å². The standard InChI is InChI=1S/C26H20N2O2/c1-3-8-18(9-4-1)21-13-15-28-25-23(21)26(30-17-20-16-29-20,19-10-5-2-6-11-19)22-12-7-14-27-24(22)25/h1-15,20H,16-17H2. The van der Waals surface area contributed by atoms with E-state index in [1.807, 2.05) is 30.6 Å². The lowest BCUT2D eigenvalue weighted by Crippen LogP contribution is -2.33. The molecule has 4 heteroatoms. The third kappa shape index (κ3) is 2.61. The minimum Gasteiger partial charge on any atom is -0.371 e. The van der Waals surface area contributed by atoms with Gasteiger partial charge in [-0.2, -0.15) is 0 Å². The molecule has 0 radical (unpaired) electrons. The van der Waals surface area contributed by atoms with Crippen LogP contribution in [0.1, 0.15) is 16.7 Å². The Hall–Kier alpha value is -3.34. The zero-order chi connectivity index (χ0) is 20.0. The van der Waals surface area contributed by atoms with Crippen molar-refractivity contribution in [2.45, 2.75) is 11.7 Å². The second-order valence-electron chi connectivity index (χ2n) is 7.66. The summed E-state index contributed by atoms with van der Waals surface area (Å²) in [6.07, 6.45) is 3.83. The van der Waals surface area contributed by atoms with Crippen molar-refractivity contribution in [1.29, 1.82) is 0 Å². The van der Waals surface area contributed by atoms with Gasteiger partial charge < -0.3 is 9.47 Å². The van der Waals surface area contributed by atoms with Crippen LogP contribution < -0.4 is 0 Å². The molecule has 2 unspecified atom stereocenters. The molecule has 4 aromatic rings. The first-order valence-corrected chi connectivity index (χ1v) is 10.2. The van der Waals surface area contributed by atoms with Gasteiger partial charge in [0.1, 0.15) is 11.7 Å². The summed E-state index contributed by atoms with van der Waals surface area (Å²) < 4.78 is 12.3. The first-order valence-electron chi connectivity index (χ1n) is 10.2. The molecule has 146 valence electrons. The zero-order valence-electron chi connectivity index (χ0n) is 16.4. The molecule has 30 heavy (non-hydrogen) atoms. The van der Waals surface area contributed by atoms with Gasteiger partial charge in [0, 0.05) is 23.5 Å². The predicted octanol–water partition coefficient (Wildman–Crippen LogP) is 4.83. The van der Waals surface area contributed by atoms with Gasteiger partial charge in [0.25, 0.3) is 0 Å². The number of benzene rings is 2. The SMILES string of the molecule is c1ccc(-c2ccnc3c2C(OCC2CO2)(c2ccccc2)c2cccnc2-3)cc1. The van der Waals surface area contributed by atoms with E-state index in [4.69, 9.17) is 19.4 Å². The molecule has 1 saturated heterocycles. The third-order valence-corrected chi connectivity index (χ3v) is 5.87. The Bertz CT molecular complexity index is 1210. The van der Waals surface area contributed by atoms with Gasteiger partial charge in [-0.25, -0.2) is 0 Å². The monoisotopic (exact) mass is 392 g/mol. The molecule has 4 nitrogen and oxygen atoms in total. The maximum absolute atomic E-state index is 6.81. The summed E-state index contributed by atoms with van der Waals surface area (Å²) in [4.78, 5) is 9.50. The largest absolute Gasteiger partial charge is 0.371 e. The van der Waals surface area contributed by atoms with Crippen LogP contribution in [0.4, 0.5) is 0 Å². The van der Waals surface area contributed by atoms with Crippen LogP contribution in [0.15, 0.2) is 91.3 Å². The summed E-state index contributed by atoms with van der Waals surface area (Å²) in [6.45, 7) is 1.27. The second kappa shape index (κ2) is 6.87. The molecule has 0 bridgehead atoms. The molecule has 0 N–H and O–H groups in total. The molecule has 2 aliphatic rings. The van der Waals surface area contributed by atoms with Crippen molar-refractivity contribution in [3.05, 3.63) is 108 Å². The van der Waals surface area contributed by atoms with E-state index in [2.05, 4.69) is 60.7 Å². The molecule has 1 fully saturated rings. The summed E-state index contributed by atoms with van der Waals surface area (Å²) in [6, 6.07) is 27.0. The van der Waals surface area contributed by atoms with Crippen molar-refractivity contribution in [3.63, 3.8) is 0 Å². The number of nitrogens with zero attached hydrogens (tertiary/aromatic N) is 2. The zero-order valence-corrected chi connectivity index (χ0v) is 16.4. The molecular weight excluding hydrogens is 372 g/mol. The van der Waals surface area contributed by atoms with Crippen LogP contribution in [0.2, 0.25) is 0 Å². The van der Waals surface area contributed by atoms with Gasteiger partial charge in [0.05, 0.1) is 24.6 Å². The van der Waals surface area contributed by atoms with Gasteiger partial charge in [-0.1, -0.05) is 66.7 Å². The number of fused-ring (bicyclic) bond motifs is 3. The maximum Gasteiger partial charge on any atom is 0.148 e. The molecule has 0 saturated carbocycles. The van der Waals surface area contributed by atoms with E-state index in [0.29, 0.717) is 6.61 Å². The van der Waals surface area contributed by atoms with Crippen molar-refractivity contribution in [3.8, 4) is 22.5 Å². The Kier molecular flexibility index (Phi) is 4.01. The first-order chi connectivity index (χ1) is 14.9. The Morgan fingerprint density at radius 2 is 1.57 bits per heavy atom. The van der Waals surface area contributed by atoms with Gasteiger partial charge in [0.2, 0.25) is 0 Å². The molecule has 2 aromatic heterocycles. The molecule has 2 atom stereocenters. The van der Waals surface area contributed by atoms with E-state index in [1.54, 1.807) is 0 Å². The fourth-order valence-electron chi connectivity index (χ4n) is 4.46. The number of aromatic nitrogens is 2. The highest BCUT2D eigenvalue weighted by atomic mass is 16.6. The van der Waals surface area contributed by atoms with Crippen LogP contribution in [-0.4, -0.2) is 29.3 Å². The average molecular weight is 392 g/mol. The predicted molar refractivity (Wildman–Crippen MR) is 115 cm³/mol. The van der Waals surface area contributed by atoms with Crippen LogP contribution in [0.25, 0.3) is 22.5 Å². The summed E-state index contributed by atoms with van der Waals surface area (Å²) in [7, 11) is 0. The molecular formula is C26H20N2O2. The van der Waals surface area contributed by atoms with E-state index >= 15 is 0 Å². The number of epoxide rings is 1. The highest BCUT2D eigenvalue weighted by molar-refractivity contribution is 5.85. The molecule has 6 rings (SSSR count). The van der Waals surface area contributed by atoms with Crippen molar-refractivity contribution in [2.75, 3.05) is 13.2 Å². The van der Waals surface area contributed by atoms with Crippen LogP contribution in [0.5, 0.6) is 0 Å². The van der Waals surface area contributed by atoms with E-state index in [-0.39, 0.29) is 6.10 Å². The van der Waals surface area contributed by atoms with Crippen molar-refractivity contribution in [1.82, 2.24) is 9.97 Å². The summed E-state index contributed by atoms with van der Waals surface area (Å²) >= 11 is 0. The summed E-state index contributed by atoms with van der Waals surface area (Å²) in [5, 5.41) is 0. The Labute approximate surface area is 175 Å². The van der Waals surface area contributed by atoms with Crippen LogP contribution in [0.3, 0.4) is 0 Å². The Morgan fingerprint density at radius 1 is 0.833 bits per heavy atom. The third-order valence-electron chi connectivity index (χ3n) is 5.87. The smallest absolute Gasteiger partial charge is 0.148 e. The molecule has 1 aliphatic heterocycles. The van der Waals surface area contributed by atoms with E-state index < -0.39 is 5.60 Å². The summed E-state index contributed by atoms with van der Waals surface area (Å²) in [5.74, 6) is 0. The number of hydrogen-bond donors (Lipinski definition) is 0. The number of ether oxygens (including phenoxy) is 2. The maximum atomic E-state index is 6.81. The van der Waals surface area contributed by atoms with Gasteiger partial charge >= 0.3 is 0 Å². The fourth-order valence-corrected chi connectivity index (χ4v) is 4.46. The number of rotatable bonds is 5. The Morgan fingerprint density at radius 3 is 2.33 bits per heavy atom. The van der Waals surface area contributed by atoms with Gasteiger partial charge in [-0.05, 0) is 28.8 Å². The molecule has 3 heterocycles. The topological polar surface area (TPSA) is 47.5 Å². The lowest BCUT2D eigenvalue weighted by Gasteiger charge is -2.33. The van der Waals surface area contributed by atoms with Crippen LogP contribution >= 0.6 is 0 Å². The lowest BCUT2D eigenvalue weighted by molar-refractivity contribution is 0.00756. The fraction of sp³-hybridized carbons (Fsp3) is 0.154. The highest BCUT2D eigenvalue weighted by Gasteiger charge is 2.50. The van der Waals surface area contributed by atoms with Gasteiger partial charge in [-0.15, -0.1) is 0 Å². The second-order valence-corrected chi connectivity index (χ2v) is 7.66. The van der Waals surface area contributed by atoms with Gasteiger partial charge in [-0.3, -0.25) is 9.97 Å². The van der Waals surface area contributed by atoms with Crippen LogP contribution in [-0.2, 0) is 15.1 Å². The van der Waals surface area contributed by atoms with E-state index in [1.165, 1.54) is 0 Å². The first kappa shape index (κ1) is 17.5. The minimum absolute atomic E-state index is 0.145. The van der Waals surface area contributed by atoms with E-state index in [9.17, 15) is 0 Å². The quantitative estimate of drug-likeness (QED) is 0.457. The Balaban J connectivity index is 1.69. The summed E-state index contributed by atoms with van der Waals surface area (Å²) in [5.41, 5.74) is 6.38. The molecule has 0 amide bonds. The van der Waals surface area contributed by atoms with E-state index in [0.717, 1.165) is 45.8 Å². The number of hydrogen-bond acceptors (Lipinski definition) is 4. The lowest BCUT2D eigenvalue weighted by atomic mass is 9.81.